The van der Waals surface area contributed by atoms with E-state index in [0.29, 0.717) is 44.0 Å². The highest BCUT2D eigenvalue weighted by molar-refractivity contribution is 9.10. The van der Waals surface area contributed by atoms with Gasteiger partial charge in [0.05, 0.1) is 11.4 Å². The summed E-state index contributed by atoms with van der Waals surface area (Å²) < 4.78 is 28.3. The van der Waals surface area contributed by atoms with Gasteiger partial charge in [0.25, 0.3) is 0 Å². The summed E-state index contributed by atoms with van der Waals surface area (Å²) in [7, 11) is -3.52. The summed E-state index contributed by atoms with van der Waals surface area (Å²) in [5.41, 5.74) is 0.624. The summed E-state index contributed by atoms with van der Waals surface area (Å²) in [6.45, 7) is 10.1. The van der Waals surface area contributed by atoms with Gasteiger partial charge < -0.3 is 5.32 Å². The van der Waals surface area contributed by atoms with E-state index < -0.39 is 10.0 Å². The maximum atomic E-state index is 12.9. The van der Waals surface area contributed by atoms with Crippen molar-refractivity contribution in [3.63, 3.8) is 0 Å². The summed E-state index contributed by atoms with van der Waals surface area (Å²) in [5.74, 6) is -0.0302. The monoisotopic (exact) mass is 445 g/mol. The second kappa shape index (κ2) is 8.37. The first-order valence-corrected chi connectivity index (χ1v) is 11.0. The van der Waals surface area contributed by atoms with Gasteiger partial charge in [-0.3, -0.25) is 9.69 Å². The number of carbonyl (C=O) groups excluding carboxylic acids is 1. The van der Waals surface area contributed by atoms with Gasteiger partial charge in [-0.2, -0.15) is 4.31 Å². The lowest BCUT2D eigenvalue weighted by atomic mass is 10.1. The van der Waals surface area contributed by atoms with Gasteiger partial charge in [-0.1, -0.05) is 15.9 Å². The van der Waals surface area contributed by atoms with E-state index in [1.165, 1.54) is 4.31 Å². The van der Waals surface area contributed by atoms with Crippen molar-refractivity contribution < 1.29 is 13.2 Å². The number of rotatable bonds is 4. The Kier molecular flexibility index (Phi) is 6.87. The van der Waals surface area contributed by atoms with Gasteiger partial charge >= 0.3 is 0 Å². The fourth-order valence-electron chi connectivity index (χ4n) is 2.93. The van der Waals surface area contributed by atoms with Crippen molar-refractivity contribution in [2.45, 2.75) is 44.6 Å². The number of amides is 1. The lowest BCUT2D eigenvalue weighted by Gasteiger charge is -2.25. The Morgan fingerprint density at radius 1 is 1.19 bits per heavy atom. The van der Waals surface area contributed by atoms with Crippen LogP contribution in [0.15, 0.2) is 27.6 Å². The number of halogens is 1. The molecule has 6 nitrogen and oxygen atoms in total. The third-order valence-corrected chi connectivity index (χ3v) is 6.98. The predicted molar refractivity (Wildman–Crippen MR) is 107 cm³/mol. The van der Waals surface area contributed by atoms with E-state index in [1.54, 1.807) is 18.2 Å². The minimum atomic E-state index is -3.52. The Morgan fingerprint density at radius 2 is 1.88 bits per heavy atom. The van der Waals surface area contributed by atoms with E-state index in [2.05, 4.69) is 21.2 Å². The van der Waals surface area contributed by atoms with Crippen molar-refractivity contribution in [2.24, 2.45) is 0 Å². The van der Waals surface area contributed by atoms with Crippen LogP contribution in [0.25, 0.3) is 0 Å². The molecule has 0 unspecified atom stereocenters. The summed E-state index contributed by atoms with van der Waals surface area (Å²) in [5, 5.41) is 2.95. The van der Waals surface area contributed by atoms with Crippen molar-refractivity contribution in [2.75, 3.05) is 32.7 Å². The van der Waals surface area contributed by atoms with Gasteiger partial charge in [0.2, 0.25) is 15.9 Å². The molecular formula is C18H28BrN3O3S. The predicted octanol–water partition coefficient (Wildman–Crippen LogP) is 2.37. The van der Waals surface area contributed by atoms with E-state index in [9.17, 15) is 13.2 Å². The molecule has 1 aliphatic rings. The number of benzene rings is 1. The normalized spacial score (nSPS) is 17.7. The molecule has 0 aliphatic carbocycles. The molecular weight excluding hydrogens is 418 g/mol. The van der Waals surface area contributed by atoms with Crippen LogP contribution < -0.4 is 5.32 Å². The van der Waals surface area contributed by atoms with Gasteiger partial charge in [-0.15, -0.1) is 0 Å². The van der Waals surface area contributed by atoms with E-state index in [-0.39, 0.29) is 11.4 Å². The molecule has 1 fully saturated rings. The number of sulfonamides is 1. The SMILES string of the molecule is Cc1cc(S(=O)(=O)N2CCCN(CC(=O)NC(C)(C)C)CC2)ccc1Br. The van der Waals surface area contributed by atoms with Crippen LogP contribution in [0.5, 0.6) is 0 Å². The first-order chi connectivity index (χ1) is 12.0. The number of carbonyl (C=O) groups is 1. The topological polar surface area (TPSA) is 69.7 Å². The second-order valence-electron chi connectivity index (χ2n) is 7.74. The van der Waals surface area contributed by atoms with Crippen LogP contribution in [-0.2, 0) is 14.8 Å². The molecule has 26 heavy (non-hydrogen) atoms. The number of hydrogen-bond donors (Lipinski definition) is 1. The van der Waals surface area contributed by atoms with E-state index in [1.807, 2.05) is 32.6 Å². The lowest BCUT2D eigenvalue weighted by Crippen LogP contribution is -2.46. The van der Waals surface area contributed by atoms with Crippen LogP contribution in [0.4, 0.5) is 0 Å². The zero-order valence-electron chi connectivity index (χ0n) is 15.9. The highest BCUT2D eigenvalue weighted by atomic mass is 79.9. The molecule has 0 aromatic heterocycles. The molecule has 1 aromatic rings. The van der Waals surface area contributed by atoms with Crippen molar-refractivity contribution in [3.05, 3.63) is 28.2 Å². The number of hydrogen-bond acceptors (Lipinski definition) is 4. The third-order valence-electron chi connectivity index (χ3n) is 4.20. The van der Waals surface area contributed by atoms with Crippen molar-refractivity contribution in [1.82, 2.24) is 14.5 Å². The Bertz CT molecular complexity index is 759. The van der Waals surface area contributed by atoms with Gasteiger partial charge in [-0.25, -0.2) is 8.42 Å². The minimum Gasteiger partial charge on any atom is -0.350 e. The molecule has 1 N–H and O–H groups in total. The highest BCUT2D eigenvalue weighted by Crippen LogP contribution is 2.23. The van der Waals surface area contributed by atoms with Crippen LogP contribution in [-0.4, -0.2) is 61.8 Å². The van der Waals surface area contributed by atoms with Crippen LogP contribution in [0, 0.1) is 6.92 Å². The first kappa shape index (κ1) is 21.3. The van der Waals surface area contributed by atoms with Crippen molar-refractivity contribution >= 4 is 31.9 Å². The molecule has 1 aromatic carbocycles. The summed E-state index contributed by atoms with van der Waals surface area (Å²) in [6.07, 6.45) is 0.706. The van der Waals surface area contributed by atoms with Crippen LogP contribution in [0.1, 0.15) is 32.8 Å². The molecule has 0 radical (unpaired) electrons. The average molecular weight is 446 g/mol. The van der Waals surface area contributed by atoms with Crippen molar-refractivity contribution in [3.8, 4) is 0 Å². The number of nitrogens with one attached hydrogen (secondary N) is 1. The van der Waals surface area contributed by atoms with Crippen molar-refractivity contribution in [1.29, 1.82) is 0 Å². The summed E-state index contributed by atoms with van der Waals surface area (Å²) in [4.78, 5) is 14.5. The molecule has 1 heterocycles. The fourth-order valence-corrected chi connectivity index (χ4v) is 4.74. The average Bonchev–Trinajstić information content (AvgIpc) is 2.74. The largest absolute Gasteiger partial charge is 0.350 e. The molecule has 1 aliphatic heterocycles. The van der Waals surface area contributed by atoms with Gasteiger partial charge in [0.1, 0.15) is 0 Å². The molecule has 0 saturated carbocycles. The highest BCUT2D eigenvalue weighted by Gasteiger charge is 2.28. The molecule has 1 amide bonds. The Labute approximate surface area is 165 Å². The molecule has 0 bridgehead atoms. The molecule has 0 spiro atoms. The van der Waals surface area contributed by atoms with E-state index >= 15 is 0 Å². The molecule has 1 saturated heterocycles. The minimum absolute atomic E-state index is 0.0302. The fraction of sp³-hybridized carbons (Fsp3) is 0.611. The van der Waals surface area contributed by atoms with Gasteiger partial charge in [0.15, 0.2) is 0 Å². The van der Waals surface area contributed by atoms with Gasteiger partial charge in [-0.05, 0) is 64.4 Å². The van der Waals surface area contributed by atoms with Crippen LogP contribution in [0.3, 0.4) is 0 Å². The maximum Gasteiger partial charge on any atom is 0.243 e. The molecule has 0 atom stereocenters. The van der Waals surface area contributed by atoms with Crippen LogP contribution >= 0.6 is 15.9 Å². The molecule has 8 heteroatoms. The maximum absolute atomic E-state index is 12.9. The Morgan fingerprint density at radius 3 is 2.50 bits per heavy atom. The Hall–Kier alpha value is -0.960. The smallest absolute Gasteiger partial charge is 0.243 e. The lowest BCUT2D eigenvalue weighted by molar-refractivity contribution is -0.123. The molecule has 2 rings (SSSR count). The first-order valence-electron chi connectivity index (χ1n) is 8.79. The zero-order valence-corrected chi connectivity index (χ0v) is 18.3. The van der Waals surface area contributed by atoms with E-state index in [0.717, 1.165) is 10.0 Å². The van der Waals surface area contributed by atoms with Gasteiger partial charge in [0, 0.05) is 29.6 Å². The summed E-state index contributed by atoms with van der Waals surface area (Å²) in [6, 6.07) is 5.09. The third kappa shape index (κ3) is 5.77. The number of nitrogens with zero attached hydrogens (tertiary/aromatic N) is 2. The zero-order chi connectivity index (χ0) is 19.5. The van der Waals surface area contributed by atoms with Crippen LogP contribution in [0.2, 0.25) is 0 Å². The number of aryl methyl sites for hydroxylation is 1. The second-order valence-corrected chi connectivity index (χ2v) is 10.5. The molecule has 146 valence electrons. The standard InChI is InChI=1S/C18H28BrN3O3S/c1-14-12-15(6-7-16(14)19)26(24,25)22-9-5-8-21(10-11-22)13-17(23)20-18(2,3)4/h6-7,12H,5,8-11,13H2,1-4H3,(H,20,23). The van der Waals surface area contributed by atoms with E-state index in [4.69, 9.17) is 0 Å². The Balaban J connectivity index is 2.03. The quantitative estimate of drug-likeness (QED) is 0.771. The summed E-state index contributed by atoms with van der Waals surface area (Å²) >= 11 is 3.40.